The third kappa shape index (κ3) is 3.07. The molecule has 0 aromatic heterocycles. The van der Waals surface area contributed by atoms with E-state index < -0.39 is 22.0 Å². The Balaban J connectivity index is 3.46. The van der Waals surface area contributed by atoms with Crippen LogP contribution < -0.4 is 4.31 Å². The van der Waals surface area contributed by atoms with E-state index in [0.29, 0.717) is 0 Å². The molecule has 0 amide bonds. The highest BCUT2D eigenvalue weighted by molar-refractivity contribution is 7.92. The van der Waals surface area contributed by atoms with Crippen LogP contribution in [0.1, 0.15) is 6.92 Å². The van der Waals surface area contributed by atoms with Gasteiger partial charge < -0.3 is 5.11 Å². The monoisotopic (exact) mass is 311 g/mol. The maximum atomic E-state index is 11.7. The molecule has 0 spiro atoms. The minimum Gasteiger partial charge on any atom is -0.480 e. The zero-order valence-electron chi connectivity index (χ0n) is 9.59. The number of benzene rings is 1. The van der Waals surface area contributed by atoms with E-state index in [1.165, 1.54) is 25.1 Å². The minimum absolute atomic E-state index is 0.00214. The summed E-state index contributed by atoms with van der Waals surface area (Å²) < 4.78 is 24.1. The van der Waals surface area contributed by atoms with Crippen molar-refractivity contribution < 1.29 is 18.3 Å². The standard InChI is InChI=1S/C10H11Cl2NO4S/c1-6(10(14)15)13(18(2,16)17)8-5-3-4-7(11)9(8)12/h3-6H,1-2H3,(H,14,15). The number of halogens is 2. The van der Waals surface area contributed by atoms with E-state index in [2.05, 4.69) is 0 Å². The van der Waals surface area contributed by atoms with Crippen LogP contribution in [0.15, 0.2) is 18.2 Å². The number of nitrogens with zero attached hydrogens (tertiary/aromatic N) is 1. The fourth-order valence-electron chi connectivity index (χ4n) is 1.44. The highest BCUT2D eigenvalue weighted by Gasteiger charge is 2.30. The smallest absolute Gasteiger partial charge is 0.327 e. The van der Waals surface area contributed by atoms with Crippen LogP contribution in [0.4, 0.5) is 5.69 Å². The van der Waals surface area contributed by atoms with Gasteiger partial charge >= 0.3 is 5.97 Å². The molecule has 1 N–H and O–H groups in total. The van der Waals surface area contributed by atoms with Gasteiger partial charge in [-0.25, -0.2) is 13.2 Å². The molecule has 0 aliphatic heterocycles. The highest BCUT2D eigenvalue weighted by Crippen LogP contribution is 2.34. The van der Waals surface area contributed by atoms with Crippen molar-refractivity contribution in [3.05, 3.63) is 28.2 Å². The lowest BCUT2D eigenvalue weighted by molar-refractivity contribution is -0.137. The molecule has 1 aromatic rings. The fraction of sp³-hybridized carbons (Fsp3) is 0.300. The van der Waals surface area contributed by atoms with Gasteiger partial charge in [0.05, 0.1) is 22.0 Å². The van der Waals surface area contributed by atoms with Gasteiger partial charge in [0.1, 0.15) is 6.04 Å². The van der Waals surface area contributed by atoms with Crippen molar-refractivity contribution in [1.29, 1.82) is 0 Å². The van der Waals surface area contributed by atoms with E-state index in [4.69, 9.17) is 28.3 Å². The van der Waals surface area contributed by atoms with Crippen LogP contribution in [0.5, 0.6) is 0 Å². The van der Waals surface area contributed by atoms with Gasteiger partial charge in [0, 0.05) is 0 Å². The molecular formula is C10H11Cl2NO4S. The predicted octanol–water partition coefficient (Wildman–Crippen LogP) is 2.23. The van der Waals surface area contributed by atoms with Gasteiger partial charge in [-0.05, 0) is 19.1 Å². The second kappa shape index (κ2) is 5.34. The highest BCUT2D eigenvalue weighted by atomic mass is 35.5. The lowest BCUT2D eigenvalue weighted by atomic mass is 10.2. The van der Waals surface area contributed by atoms with Crippen molar-refractivity contribution in [2.45, 2.75) is 13.0 Å². The Morgan fingerprint density at radius 3 is 2.39 bits per heavy atom. The van der Waals surface area contributed by atoms with Gasteiger partial charge in [-0.3, -0.25) is 4.31 Å². The summed E-state index contributed by atoms with van der Waals surface area (Å²) >= 11 is 11.7. The molecule has 0 saturated carbocycles. The molecule has 0 aliphatic carbocycles. The Labute approximate surface area is 115 Å². The third-order valence-electron chi connectivity index (χ3n) is 2.24. The Kier molecular flexibility index (Phi) is 4.47. The van der Waals surface area contributed by atoms with E-state index in [9.17, 15) is 13.2 Å². The van der Waals surface area contributed by atoms with Crippen LogP contribution in [-0.2, 0) is 14.8 Å². The summed E-state index contributed by atoms with van der Waals surface area (Å²) in [6.07, 6.45) is 0.906. The van der Waals surface area contributed by atoms with E-state index in [-0.39, 0.29) is 15.7 Å². The molecule has 0 saturated heterocycles. The maximum Gasteiger partial charge on any atom is 0.327 e. The molecule has 0 heterocycles. The Morgan fingerprint density at radius 1 is 1.39 bits per heavy atom. The SMILES string of the molecule is CC(C(=O)O)N(c1cccc(Cl)c1Cl)S(C)(=O)=O. The first-order chi connectivity index (χ1) is 8.16. The molecule has 1 aromatic carbocycles. The first-order valence-corrected chi connectivity index (χ1v) is 7.43. The first kappa shape index (κ1) is 15.1. The van der Waals surface area contributed by atoms with Crippen molar-refractivity contribution >= 4 is 44.9 Å². The normalized spacial score (nSPS) is 13.1. The van der Waals surface area contributed by atoms with Gasteiger partial charge in [-0.15, -0.1) is 0 Å². The van der Waals surface area contributed by atoms with Crippen LogP contribution >= 0.6 is 23.2 Å². The van der Waals surface area contributed by atoms with Gasteiger partial charge in [0.15, 0.2) is 0 Å². The summed E-state index contributed by atoms with van der Waals surface area (Å²) in [5, 5.41) is 9.11. The minimum atomic E-state index is -3.79. The molecule has 100 valence electrons. The summed E-state index contributed by atoms with van der Waals surface area (Å²) in [4.78, 5) is 11.0. The van der Waals surface area contributed by atoms with E-state index in [1.807, 2.05) is 0 Å². The number of anilines is 1. The average molecular weight is 312 g/mol. The van der Waals surface area contributed by atoms with Crippen LogP contribution in [0.25, 0.3) is 0 Å². The molecule has 0 bridgehead atoms. The van der Waals surface area contributed by atoms with E-state index in [0.717, 1.165) is 10.6 Å². The van der Waals surface area contributed by atoms with Crippen molar-refractivity contribution in [2.75, 3.05) is 10.6 Å². The largest absolute Gasteiger partial charge is 0.480 e. The molecule has 1 atom stereocenters. The number of aliphatic carboxylic acids is 1. The Morgan fingerprint density at radius 2 is 1.94 bits per heavy atom. The predicted molar refractivity (Wildman–Crippen MR) is 70.9 cm³/mol. The topological polar surface area (TPSA) is 74.7 Å². The second-order valence-electron chi connectivity index (χ2n) is 3.65. The van der Waals surface area contributed by atoms with Gasteiger partial charge in [-0.1, -0.05) is 29.3 Å². The lowest BCUT2D eigenvalue weighted by Crippen LogP contribution is -2.43. The molecule has 18 heavy (non-hydrogen) atoms. The number of carbonyl (C=O) groups is 1. The second-order valence-corrected chi connectivity index (χ2v) is 6.29. The number of hydrogen-bond donors (Lipinski definition) is 1. The molecule has 0 fully saturated rings. The molecule has 1 unspecified atom stereocenters. The average Bonchev–Trinajstić information content (AvgIpc) is 2.22. The van der Waals surface area contributed by atoms with Crippen LogP contribution in [0, 0.1) is 0 Å². The number of sulfonamides is 1. The number of carboxylic acids is 1. The van der Waals surface area contributed by atoms with Crippen molar-refractivity contribution in [2.24, 2.45) is 0 Å². The van der Waals surface area contributed by atoms with Crippen LogP contribution in [-0.4, -0.2) is 31.8 Å². The van der Waals surface area contributed by atoms with Gasteiger partial charge in [0.2, 0.25) is 10.0 Å². The number of carboxylic acid groups (broad SMARTS) is 1. The summed E-state index contributed by atoms with van der Waals surface area (Å²) in [5.41, 5.74) is 0.0431. The molecule has 8 heteroatoms. The summed E-state index contributed by atoms with van der Waals surface area (Å²) in [7, 11) is -3.79. The zero-order valence-corrected chi connectivity index (χ0v) is 11.9. The summed E-state index contributed by atoms with van der Waals surface area (Å²) in [6, 6.07) is 3.10. The molecule has 5 nitrogen and oxygen atoms in total. The fourth-order valence-corrected chi connectivity index (χ4v) is 3.05. The van der Waals surface area contributed by atoms with Gasteiger partial charge in [-0.2, -0.15) is 0 Å². The van der Waals surface area contributed by atoms with Gasteiger partial charge in [0.25, 0.3) is 0 Å². The van der Waals surface area contributed by atoms with E-state index in [1.54, 1.807) is 0 Å². The number of hydrogen-bond acceptors (Lipinski definition) is 3. The maximum absolute atomic E-state index is 11.7. The molecule has 0 aliphatic rings. The molecule has 1 rings (SSSR count). The quantitative estimate of drug-likeness (QED) is 0.925. The lowest BCUT2D eigenvalue weighted by Gasteiger charge is -2.27. The van der Waals surface area contributed by atoms with Crippen molar-refractivity contribution in [3.63, 3.8) is 0 Å². The third-order valence-corrected chi connectivity index (χ3v) is 4.27. The molecule has 0 radical (unpaired) electrons. The Bertz CT molecular complexity index is 573. The number of rotatable bonds is 4. The van der Waals surface area contributed by atoms with E-state index >= 15 is 0 Å². The summed E-state index contributed by atoms with van der Waals surface area (Å²) in [6.45, 7) is 1.25. The van der Waals surface area contributed by atoms with Crippen molar-refractivity contribution in [3.8, 4) is 0 Å². The van der Waals surface area contributed by atoms with Crippen LogP contribution in [0.3, 0.4) is 0 Å². The molecular weight excluding hydrogens is 301 g/mol. The first-order valence-electron chi connectivity index (χ1n) is 4.82. The van der Waals surface area contributed by atoms with Crippen molar-refractivity contribution in [1.82, 2.24) is 0 Å². The Hall–Kier alpha value is -0.980. The zero-order chi connectivity index (χ0) is 14.1. The van der Waals surface area contributed by atoms with Crippen LogP contribution in [0.2, 0.25) is 10.0 Å². The summed E-state index contributed by atoms with van der Waals surface area (Å²) in [5.74, 6) is -1.28.